The van der Waals surface area contributed by atoms with E-state index in [1.165, 1.54) is 0 Å². The van der Waals surface area contributed by atoms with Crippen LogP contribution < -0.4 is 0 Å². The van der Waals surface area contributed by atoms with Crippen LogP contribution in [0.5, 0.6) is 0 Å². The molecule has 7 nitrogen and oxygen atoms in total. The zero-order chi connectivity index (χ0) is 21.1. The Morgan fingerprint density at radius 2 is 1.75 bits per heavy atom. The number of rotatable bonds is 4. The van der Waals surface area contributed by atoms with Crippen LogP contribution in [0.15, 0.2) is 0 Å². The molecule has 3 amide bonds. The van der Waals surface area contributed by atoms with Crippen molar-refractivity contribution < 1.29 is 19.1 Å². The van der Waals surface area contributed by atoms with Crippen LogP contribution in [0, 0.1) is 11.8 Å². The number of nitrogens with zero attached hydrogens (tertiary/aromatic N) is 3. The predicted molar refractivity (Wildman–Crippen MR) is 108 cm³/mol. The first-order chi connectivity index (χ1) is 13.0. The molecule has 160 valence electrons. The van der Waals surface area contributed by atoms with Gasteiger partial charge in [-0.05, 0) is 46.5 Å². The summed E-state index contributed by atoms with van der Waals surface area (Å²) in [6.07, 6.45) is 3.16. The number of amides is 3. The lowest BCUT2D eigenvalue weighted by Gasteiger charge is -2.37. The standard InChI is InChI=1S/C21H37N3O4/c1-15(2)18(25)23-11-7-9-16(13-23)19(26)24-12-8-10-17(24)14-22(6)20(27)28-21(3,4)5/h15-17H,7-14H2,1-6H3/t16-,17+/m0/s1. The van der Waals surface area contributed by atoms with Gasteiger partial charge in [0.15, 0.2) is 0 Å². The topological polar surface area (TPSA) is 70.2 Å². The summed E-state index contributed by atoms with van der Waals surface area (Å²) in [7, 11) is 1.72. The highest BCUT2D eigenvalue weighted by Crippen LogP contribution is 2.26. The zero-order valence-corrected chi connectivity index (χ0v) is 18.4. The molecule has 2 fully saturated rings. The molecule has 0 aromatic rings. The third-order valence-corrected chi connectivity index (χ3v) is 5.43. The number of carbonyl (C=O) groups excluding carboxylic acids is 3. The Hall–Kier alpha value is -1.79. The SMILES string of the molecule is CC(C)C(=O)N1CCC[C@H](C(=O)N2CCC[C@@H]2CN(C)C(=O)OC(C)(C)C)C1. The van der Waals surface area contributed by atoms with Crippen molar-refractivity contribution in [3.8, 4) is 0 Å². The van der Waals surface area contributed by atoms with Crippen molar-refractivity contribution in [3.63, 3.8) is 0 Å². The molecule has 0 aromatic carbocycles. The number of likely N-dealkylation sites (tertiary alicyclic amines) is 2. The predicted octanol–water partition coefficient (Wildman–Crippen LogP) is 2.74. The second kappa shape index (κ2) is 9.14. The molecule has 0 aliphatic carbocycles. The van der Waals surface area contributed by atoms with Crippen LogP contribution >= 0.6 is 0 Å². The summed E-state index contributed by atoms with van der Waals surface area (Å²) in [5.41, 5.74) is -0.537. The number of hydrogen-bond donors (Lipinski definition) is 0. The van der Waals surface area contributed by atoms with Gasteiger partial charge in [-0.25, -0.2) is 4.79 Å². The van der Waals surface area contributed by atoms with Gasteiger partial charge in [0.2, 0.25) is 11.8 Å². The van der Waals surface area contributed by atoms with Crippen molar-refractivity contribution in [3.05, 3.63) is 0 Å². The minimum atomic E-state index is -0.537. The minimum absolute atomic E-state index is 0.0150. The average Bonchev–Trinajstić information content (AvgIpc) is 3.07. The molecule has 0 saturated carbocycles. The van der Waals surface area contributed by atoms with Gasteiger partial charge in [0, 0.05) is 45.2 Å². The van der Waals surface area contributed by atoms with E-state index < -0.39 is 5.60 Å². The Kier molecular flexibility index (Phi) is 7.34. The molecule has 0 bridgehead atoms. The molecule has 0 spiro atoms. The molecule has 2 rings (SSSR count). The van der Waals surface area contributed by atoms with Gasteiger partial charge in [-0.2, -0.15) is 0 Å². The molecule has 0 radical (unpaired) electrons. The van der Waals surface area contributed by atoms with E-state index in [4.69, 9.17) is 4.74 Å². The second-order valence-electron chi connectivity index (χ2n) is 9.47. The minimum Gasteiger partial charge on any atom is -0.444 e. The fourth-order valence-corrected chi connectivity index (χ4v) is 4.02. The third-order valence-electron chi connectivity index (χ3n) is 5.43. The number of ether oxygens (including phenoxy) is 1. The molecule has 0 N–H and O–H groups in total. The maximum atomic E-state index is 13.2. The van der Waals surface area contributed by atoms with Gasteiger partial charge in [-0.1, -0.05) is 13.8 Å². The van der Waals surface area contributed by atoms with E-state index in [2.05, 4.69) is 0 Å². The molecular formula is C21H37N3O4. The van der Waals surface area contributed by atoms with Gasteiger partial charge in [-0.3, -0.25) is 9.59 Å². The second-order valence-corrected chi connectivity index (χ2v) is 9.47. The smallest absolute Gasteiger partial charge is 0.410 e. The van der Waals surface area contributed by atoms with E-state index in [0.29, 0.717) is 13.1 Å². The van der Waals surface area contributed by atoms with Gasteiger partial charge in [0.05, 0.1) is 5.92 Å². The van der Waals surface area contributed by atoms with Crippen molar-refractivity contribution in [2.75, 3.05) is 33.2 Å². The van der Waals surface area contributed by atoms with Gasteiger partial charge in [0.1, 0.15) is 5.60 Å². The van der Waals surface area contributed by atoms with Gasteiger partial charge in [0.25, 0.3) is 0 Å². The molecule has 0 aromatic heterocycles. The summed E-state index contributed by atoms with van der Waals surface area (Å²) < 4.78 is 5.42. The van der Waals surface area contributed by atoms with Crippen LogP contribution in [0.25, 0.3) is 0 Å². The highest BCUT2D eigenvalue weighted by molar-refractivity contribution is 5.82. The quantitative estimate of drug-likeness (QED) is 0.734. The van der Waals surface area contributed by atoms with Crippen molar-refractivity contribution in [2.45, 2.75) is 71.9 Å². The fourth-order valence-electron chi connectivity index (χ4n) is 4.02. The highest BCUT2D eigenvalue weighted by atomic mass is 16.6. The first-order valence-electron chi connectivity index (χ1n) is 10.5. The van der Waals surface area contributed by atoms with Crippen molar-refractivity contribution in [2.24, 2.45) is 11.8 Å². The lowest BCUT2D eigenvalue weighted by Crippen LogP contribution is -2.51. The van der Waals surface area contributed by atoms with Crippen molar-refractivity contribution in [1.82, 2.24) is 14.7 Å². The summed E-state index contributed by atoms with van der Waals surface area (Å²) in [6, 6.07) is 0.0150. The maximum Gasteiger partial charge on any atom is 0.410 e. The maximum absolute atomic E-state index is 13.2. The Balaban J connectivity index is 1.96. The summed E-state index contributed by atoms with van der Waals surface area (Å²) in [6.45, 7) is 11.8. The zero-order valence-electron chi connectivity index (χ0n) is 18.4. The monoisotopic (exact) mass is 395 g/mol. The van der Waals surface area contributed by atoms with Gasteiger partial charge < -0.3 is 19.4 Å². The van der Waals surface area contributed by atoms with E-state index >= 15 is 0 Å². The van der Waals surface area contributed by atoms with E-state index in [1.54, 1.807) is 11.9 Å². The van der Waals surface area contributed by atoms with Crippen molar-refractivity contribution in [1.29, 1.82) is 0 Å². The van der Waals surface area contributed by atoms with E-state index in [1.807, 2.05) is 44.4 Å². The van der Waals surface area contributed by atoms with Crippen LogP contribution in [0.4, 0.5) is 4.79 Å². The molecule has 2 aliphatic heterocycles. The number of carbonyl (C=O) groups is 3. The number of piperidine rings is 1. The van der Waals surface area contributed by atoms with E-state index in [0.717, 1.165) is 38.8 Å². The Bertz CT molecular complexity index is 585. The van der Waals surface area contributed by atoms with Gasteiger partial charge in [-0.15, -0.1) is 0 Å². The lowest BCUT2D eigenvalue weighted by molar-refractivity contribution is -0.143. The molecule has 2 heterocycles. The normalized spacial score (nSPS) is 23.1. The Morgan fingerprint density at radius 3 is 2.36 bits per heavy atom. The van der Waals surface area contributed by atoms with Crippen molar-refractivity contribution >= 4 is 17.9 Å². The van der Waals surface area contributed by atoms with Gasteiger partial charge >= 0.3 is 6.09 Å². The molecule has 2 aliphatic rings. The molecule has 28 heavy (non-hydrogen) atoms. The molecule has 7 heteroatoms. The molecular weight excluding hydrogens is 358 g/mol. The Labute approximate surface area is 169 Å². The van der Waals surface area contributed by atoms with Crippen LogP contribution in [-0.2, 0) is 14.3 Å². The van der Waals surface area contributed by atoms with Crippen LogP contribution in [-0.4, -0.2) is 77.5 Å². The molecule has 2 saturated heterocycles. The van der Waals surface area contributed by atoms with Crippen LogP contribution in [0.1, 0.15) is 60.3 Å². The summed E-state index contributed by atoms with van der Waals surface area (Å²) in [5, 5.41) is 0. The van der Waals surface area contributed by atoms with Crippen LogP contribution in [0.2, 0.25) is 0 Å². The summed E-state index contributed by atoms with van der Waals surface area (Å²) in [5.74, 6) is 0.0706. The number of likely N-dealkylation sites (N-methyl/N-ethyl adjacent to an activating group) is 1. The third kappa shape index (κ3) is 5.85. The highest BCUT2D eigenvalue weighted by Gasteiger charge is 2.37. The first-order valence-corrected chi connectivity index (χ1v) is 10.5. The van der Waals surface area contributed by atoms with E-state index in [-0.39, 0.29) is 35.8 Å². The molecule has 2 atom stereocenters. The molecule has 0 unspecified atom stereocenters. The van der Waals surface area contributed by atoms with E-state index in [9.17, 15) is 14.4 Å². The first kappa shape index (κ1) is 22.5. The van der Waals surface area contributed by atoms with Crippen LogP contribution in [0.3, 0.4) is 0 Å². The largest absolute Gasteiger partial charge is 0.444 e. The summed E-state index contributed by atoms with van der Waals surface area (Å²) >= 11 is 0. The summed E-state index contributed by atoms with van der Waals surface area (Å²) in [4.78, 5) is 43.1. The Morgan fingerprint density at radius 1 is 1.11 bits per heavy atom. The fraction of sp³-hybridized carbons (Fsp3) is 0.857. The average molecular weight is 396 g/mol. The number of hydrogen-bond acceptors (Lipinski definition) is 4. The lowest BCUT2D eigenvalue weighted by atomic mass is 9.95.